The van der Waals surface area contributed by atoms with Gasteiger partial charge in [-0.15, -0.1) is 11.3 Å². The molecule has 2 unspecified atom stereocenters. The Bertz CT molecular complexity index is 1520. The first-order valence-electron chi connectivity index (χ1n) is 12.1. The number of aromatic nitrogens is 1. The summed E-state index contributed by atoms with van der Waals surface area (Å²) in [5.74, 6) is 0.287. The third-order valence-corrected chi connectivity index (χ3v) is 8.95. The molecule has 2 N–H and O–H groups in total. The number of fused-ring (bicyclic) bond motifs is 3. The third kappa shape index (κ3) is 3.52. The Labute approximate surface area is 218 Å². The molecule has 6 nitrogen and oxygen atoms in total. The molecule has 1 aliphatic carbocycles. The number of carbonyl (C=O) groups excluding carboxylic acids is 2. The number of pyridine rings is 1. The van der Waals surface area contributed by atoms with E-state index in [9.17, 15) is 9.59 Å². The number of imide groups is 1. The number of likely N-dealkylation sites (tertiary alicyclic amines) is 1. The fourth-order valence-electron chi connectivity index (χ4n) is 5.51. The number of nitrogens with two attached hydrogens (primary N) is 1. The predicted molar refractivity (Wildman–Crippen MR) is 143 cm³/mol. The van der Waals surface area contributed by atoms with E-state index in [0.29, 0.717) is 18.2 Å². The van der Waals surface area contributed by atoms with Gasteiger partial charge in [-0.05, 0) is 36.6 Å². The Hall–Kier alpha value is -3.00. The zero-order valence-corrected chi connectivity index (χ0v) is 21.7. The van der Waals surface area contributed by atoms with Gasteiger partial charge in [0.25, 0.3) is 0 Å². The van der Waals surface area contributed by atoms with Crippen LogP contribution in [0.25, 0.3) is 32.1 Å². The molecular formula is C28H26ClN3O3S. The summed E-state index contributed by atoms with van der Waals surface area (Å²) in [5, 5.41) is 2.51. The SMILES string of the molecule is CC1(C)C2C(=O)N(Cc3cc4nccc(-c5cc(Cl)c6ccccc6c5OCCCN)c4s3)C(=O)C21. The largest absolute Gasteiger partial charge is 0.492 e. The summed E-state index contributed by atoms with van der Waals surface area (Å²) >= 11 is 8.27. The van der Waals surface area contributed by atoms with Crippen molar-refractivity contribution in [1.82, 2.24) is 9.88 Å². The number of halogens is 1. The molecule has 2 aliphatic rings. The van der Waals surface area contributed by atoms with Crippen LogP contribution in [0.2, 0.25) is 5.02 Å². The first-order chi connectivity index (χ1) is 17.3. The zero-order chi connectivity index (χ0) is 25.2. The van der Waals surface area contributed by atoms with Gasteiger partial charge in [0.1, 0.15) is 5.75 Å². The number of hydrogen-bond acceptors (Lipinski definition) is 6. The summed E-state index contributed by atoms with van der Waals surface area (Å²) in [7, 11) is 0. The summed E-state index contributed by atoms with van der Waals surface area (Å²) in [6.45, 7) is 5.30. The van der Waals surface area contributed by atoms with Gasteiger partial charge in [-0.2, -0.15) is 0 Å². The molecule has 4 aromatic rings. The van der Waals surface area contributed by atoms with Crippen LogP contribution in [0.15, 0.2) is 48.7 Å². The molecular weight excluding hydrogens is 494 g/mol. The standard InChI is InChI=1S/C28H26ClN3O3S/c1-28(2)22-23(28)27(34)32(26(22)33)14-15-12-21-25(36-15)18(8-10-31-21)19-13-20(29)16-6-3-4-7-17(16)24(19)35-11-5-9-30/h3-4,6-8,10,12-13,22-23H,5,9,11,14,30H2,1-2H3. The van der Waals surface area contributed by atoms with Crippen molar-refractivity contribution in [1.29, 1.82) is 0 Å². The maximum absolute atomic E-state index is 12.9. The maximum atomic E-state index is 12.9. The van der Waals surface area contributed by atoms with Crippen molar-refractivity contribution < 1.29 is 14.3 Å². The van der Waals surface area contributed by atoms with E-state index in [-0.39, 0.29) is 35.6 Å². The molecule has 0 radical (unpaired) electrons. The molecule has 2 fully saturated rings. The smallest absolute Gasteiger partial charge is 0.234 e. The lowest BCUT2D eigenvalue weighted by Crippen LogP contribution is -2.35. The van der Waals surface area contributed by atoms with Crippen LogP contribution < -0.4 is 10.5 Å². The molecule has 1 saturated carbocycles. The number of nitrogens with zero attached hydrogens (tertiary/aromatic N) is 2. The van der Waals surface area contributed by atoms with E-state index < -0.39 is 0 Å². The molecule has 0 spiro atoms. The van der Waals surface area contributed by atoms with E-state index >= 15 is 0 Å². The number of rotatable bonds is 7. The minimum Gasteiger partial charge on any atom is -0.492 e. The molecule has 6 rings (SSSR count). The van der Waals surface area contributed by atoms with Gasteiger partial charge >= 0.3 is 0 Å². The zero-order valence-electron chi connectivity index (χ0n) is 20.1. The first-order valence-corrected chi connectivity index (χ1v) is 13.3. The number of thiophene rings is 1. The third-order valence-electron chi connectivity index (χ3n) is 7.50. The lowest BCUT2D eigenvalue weighted by molar-refractivity contribution is -0.143. The van der Waals surface area contributed by atoms with Crippen molar-refractivity contribution in [3.05, 3.63) is 58.6 Å². The van der Waals surface area contributed by atoms with E-state index in [4.69, 9.17) is 22.1 Å². The van der Waals surface area contributed by atoms with Crippen LogP contribution in [0.4, 0.5) is 0 Å². The van der Waals surface area contributed by atoms with Crippen molar-refractivity contribution in [2.24, 2.45) is 23.0 Å². The van der Waals surface area contributed by atoms with Crippen LogP contribution in [0.1, 0.15) is 25.1 Å². The van der Waals surface area contributed by atoms with Crippen LogP contribution >= 0.6 is 22.9 Å². The summed E-state index contributed by atoms with van der Waals surface area (Å²) in [6.07, 6.45) is 2.51. The second-order valence-electron chi connectivity index (χ2n) is 10.1. The fourth-order valence-corrected chi connectivity index (χ4v) is 6.92. The molecule has 184 valence electrons. The van der Waals surface area contributed by atoms with Crippen molar-refractivity contribution in [3.8, 4) is 16.9 Å². The number of benzene rings is 2. The van der Waals surface area contributed by atoms with Gasteiger partial charge < -0.3 is 10.5 Å². The van der Waals surface area contributed by atoms with E-state index in [1.807, 2.05) is 56.3 Å². The lowest BCUT2D eigenvalue weighted by Gasteiger charge is -2.19. The van der Waals surface area contributed by atoms with Crippen LogP contribution in [0.3, 0.4) is 0 Å². The Morgan fingerprint density at radius 2 is 1.81 bits per heavy atom. The van der Waals surface area contributed by atoms with E-state index in [0.717, 1.165) is 49.2 Å². The predicted octanol–water partition coefficient (Wildman–Crippen LogP) is 5.64. The second kappa shape index (κ2) is 8.54. The molecule has 2 atom stereocenters. The molecule has 2 aromatic heterocycles. The van der Waals surface area contributed by atoms with Crippen molar-refractivity contribution in [2.45, 2.75) is 26.8 Å². The number of amides is 2. The van der Waals surface area contributed by atoms with Gasteiger partial charge in [0.05, 0.1) is 35.2 Å². The minimum absolute atomic E-state index is 0.0578. The number of piperidine rings is 1. The van der Waals surface area contributed by atoms with Gasteiger partial charge in [-0.25, -0.2) is 0 Å². The lowest BCUT2D eigenvalue weighted by atomic mass is 9.99. The highest BCUT2D eigenvalue weighted by molar-refractivity contribution is 7.19. The average Bonchev–Trinajstić information content (AvgIpc) is 3.11. The van der Waals surface area contributed by atoms with Gasteiger partial charge in [-0.3, -0.25) is 19.5 Å². The van der Waals surface area contributed by atoms with Gasteiger partial charge in [0.15, 0.2) is 0 Å². The molecule has 2 amide bonds. The Morgan fingerprint density at radius 1 is 1.08 bits per heavy atom. The van der Waals surface area contributed by atoms with Crippen LogP contribution in [-0.2, 0) is 16.1 Å². The Morgan fingerprint density at radius 3 is 2.53 bits per heavy atom. The Balaban J connectivity index is 1.41. The molecule has 2 aromatic carbocycles. The number of ether oxygens (including phenoxy) is 1. The van der Waals surface area contributed by atoms with Crippen LogP contribution in [0.5, 0.6) is 5.75 Å². The average molecular weight is 520 g/mol. The van der Waals surface area contributed by atoms with Crippen LogP contribution in [-0.4, -0.2) is 34.8 Å². The summed E-state index contributed by atoms with van der Waals surface area (Å²) in [4.78, 5) is 32.6. The molecule has 8 heteroatoms. The summed E-state index contributed by atoms with van der Waals surface area (Å²) in [6, 6.07) is 13.8. The quantitative estimate of drug-likeness (QED) is 0.252. The van der Waals surface area contributed by atoms with E-state index in [1.165, 1.54) is 4.90 Å². The Kier molecular flexibility index (Phi) is 5.55. The van der Waals surface area contributed by atoms with E-state index in [1.54, 1.807) is 17.5 Å². The van der Waals surface area contributed by atoms with Gasteiger partial charge in [0.2, 0.25) is 11.8 Å². The normalized spacial score (nSPS) is 20.4. The fraction of sp³-hybridized carbons (Fsp3) is 0.321. The highest BCUT2D eigenvalue weighted by atomic mass is 35.5. The molecule has 36 heavy (non-hydrogen) atoms. The highest BCUT2D eigenvalue weighted by Crippen LogP contribution is 2.63. The molecule has 1 saturated heterocycles. The summed E-state index contributed by atoms with van der Waals surface area (Å²) in [5.41, 5.74) is 8.15. The van der Waals surface area contributed by atoms with E-state index in [2.05, 4.69) is 4.98 Å². The monoisotopic (exact) mass is 519 g/mol. The van der Waals surface area contributed by atoms with Crippen molar-refractivity contribution in [3.63, 3.8) is 0 Å². The van der Waals surface area contributed by atoms with Gasteiger partial charge in [-0.1, -0.05) is 49.7 Å². The molecule has 1 aliphatic heterocycles. The first kappa shape index (κ1) is 23.4. The second-order valence-corrected chi connectivity index (χ2v) is 11.6. The topological polar surface area (TPSA) is 85.5 Å². The number of hydrogen-bond donors (Lipinski definition) is 1. The highest BCUT2D eigenvalue weighted by Gasteiger charge is 2.72. The van der Waals surface area contributed by atoms with Gasteiger partial charge in [0, 0.05) is 38.0 Å². The summed E-state index contributed by atoms with van der Waals surface area (Å²) < 4.78 is 7.24. The minimum atomic E-state index is -0.213. The van der Waals surface area contributed by atoms with Crippen molar-refractivity contribution in [2.75, 3.05) is 13.2 Å². The maximum Gasteiger partial charge on any atom is 0.234 e. The molecule has 0 bridgehead atoms. The molecule has 3 heterocycles. The number of carbonyl (C=O) groups is 2. The van der Waals surface area contributed by atoms with Crippen molar-refractivity contribution >= 4 is 55.7 Å². The van der Waals surface area contributed by atoms with Crippen LogP contribution in [0, 0.1) is 17.3 Å².